The number of esters is 1. The van der Waals surface area contributed by atoms with E-state index in [9.17, 15) is 19.2 Å². The fourth-order valence-corrected chi connectivity index (χ4v) is 3.85. The quantitative estimate of drug-likeness (QED) is 0.431. The second-order valence-electron chi connectivity index (χ2n) is 7.63. The number of hydrogen-bond acceptors (Lipinski definition) is 6. The maximum absolute atomic E-state index is 13.5. The third kappa shape index (κ3) is 3.24. The van der Waals surface area contributed by atoms with Crippen LogP contribution in [0.1, 0.15) is 31.4 Å². The summed E-state index contributed by atoms with van der Waals surface area (Å²) in [7, 11) is 2.86. The van der Waals surface area contributed by atoms with Crippen LogP contribution in [0.15, 0.2) is 44.7 Å². The van der Waals surface area contributed by atoms with Gasteiger partial charge in [-0.05, 0) is 12.0 Å². The van der Waals surface area contributed by atoms with E-state index in [-0.39, 0.29) is 40.5 Å². The minimum atomic E-state index is -0.632. The molecule has 0 atom stereocenters. The Bertz CT molecular complexity index is 1540. The fourth-order valence-electron chi connectivity index (χ4n) is 3.85. The molecule has 4 aromatic rings. The van der Waals surface area contributed by atoms with E-state index in [1.165, 1.54) is 34.6 Å². The van der Waals surface area contributed by atoms with Crippen molar-refractivity contribution in [2.75, 3.05) is 0 Å². The average molecular weight is 437 g/mol. The van der Waals surface area contributed by atoms with E-state index in [1.54, 1.807) is 0 Å². The second kappa shape index (κ2) is 7.95. The first kappa shape index (κ1) is 21.3. The maximum Gasteiger partial charge on any atom is 0.332 e. The minimum absolute atomic E-state index is 0.0399. The van der Waals surface area contributed by atoms with E-state index < -0.39 is 17.2 Å². The Labute approximate surface area is 181 Å². The van der Waals surface area contributed by atoms with Crippen LogP contribution in [0.5, 0.6) is 5.88 Å². The fraction of sp³-hybridized carbons (Fsp3) is 0.318. The standard InChI is InChI=1S/C22H23N5O5/c1-5-9-15-18(29)26(12-14-10-7-6-8-11-14)21-23-17-16(27(21)20(15)32-13(2)28)19(30)25(4)22(31)24(17)3/h6-8,10-11H,5,9,12H2,1-4H3. The van der Waals surface area contributed by atoms with Crippen LogP contribution in [-0.2, 0) is 31.9 Å². The molecule has 0 amide bonds. The molecule has 0 N–H and O–H groups in total. The Morgan fingerprint density at radius 3 is 2.34 bits per heavy atom. The lowest BCUT2D eigenvalue weighted by Gasteiger charge is -2.15. The summed E-state index contributed by atoms with van der Waals surface area (Å²) in [6.07, 6.45) is 0.946. The van der Waals surface area contributed by atoms with Crippen molar-refractivity contribution in [3.05, 3.63) is 72.7 Å². The van der Waals surface area contributed by atoms with Gasteiger partial charge < -0.3 is 4.74 Å². The van der Waals surface area contributed by atoms with Gasteiger partial charge in [0.15, 0.2) is 11.2 Å². The first-order chi connectivity index (χ1) is 15.3. The molecule has 1 aromatic carbocycles. The lowest BCUT2D eigenvalue weighted by molar-refractivity contribution is -0.132. The Kier molecular flexibility index (Phi) is 5.29. The van der Waals surface area contributed by atoms with E-state index in [0.717, 1.165) is 10.1 Å². The van der Waals surface area contributed by atoms with Gasteiger partial charge in [-0.1, -0.05) is 43.7 Å². The molecular weight excluding hydrogens is 414 g/mol. The van der Waals surface area contributed by atoms with Gasteiger partial charge in [0.25, 0.3) is 11.1 Å². The van der Waals surface area contributed by atoms with Gasteiger partial charge in [-0.25, -0.2) is 9.20 Å². The molecule has 3 heterocycles. The van der Waals surface area contributed by atoms with E-state index in [0.29, 0.717) is 12.8 Å². The highest BCUT2D eigenvalue weighted by Crippen LogP contribution is 2.24. The zero-order chi connectivity index (χ0) is 23.2. The SMILES string of the molecule is CCCc1c(OC(C)=O)n2c3c(=O)n(C)c(=O)n(C)c3nc2n(Cc2ccccc2)c1=O. The predicted octanol–water partition coefficient (Wildman–Crippen LogP) is 0.973. The molecule has 0 aliphatic heterocycles. The Morgan fingerprint density at radius 1 is 1.03 bits per heavy atom. The molecule has 0 saturated carbocycles. The molecule has 4 rings (SSSR count). The number of benzene rings is 1. The Morgan fingerprint density at radius 2 is 1.72 bits per heavy atom. The van der Waals surface area contributed by atoms with Crippen LogP contribution in [0.3, 0.4) is 0 Å². The number of rotatable bonds is 5. The van der Waals surface area contributed by atoms with Crippen LogP contribution < -0.4 is 21.5 Å². The number of carbonyl (C=O) groups is 1. The largest absolute Gasteiger partial charge is 0.408 e. The summed E-state index contributed by atoms with van der Waals surface area (Å²) in [5, 5.41) is 0. The van der Waals surface area contributed by atoms with E-state index >= 15 is 0 Å². The predicted molar refractivity (Wildman–Crippen MR) is 118 cm³/mol. The lowest BCUT2D eigenvalue weighted by Crippen LogP contribution is -2.37. The molecule has 32 heavy (non-hydrogen) atoms. The summed E-state index contributed by atoms with van der Waals surface area (Å²) in [5.74, 6) is -0.558. The van der Waals surface area contributed by atoms with Gasteiger partial charge in [0.2, 0.25) is 11.7 Å². The van der Waals surface area contributed by atoms with Crippen LogP contribution in [0.25, 0.3) is 16.9 Å². The molecule has 0 saturated heterocycles. The van der Waals surface area contributed by atoms with E-state index in [1.807, 2.05) is 37.3 Å². The van der Waals surface area contributed by atoms with Gasteiger partial charge in [0.1, 0.15) is 0 Å². The smallest absolute Gasteiger partial charge is 0.332 e. The number of fused-ring (bicyclic) bond motifs is 3. The van der Waals surface area contributed by atoms with Gasteiger partial charge in [0, 0.05) is 21.0 Å². The molecule has 0 aliphatic carbocycles. The summed E-state index contributed by atoms with van der Waals surface area (Å²) in [6.45, 7) is 3.32. The zero-order valence-corrected chi connectivity index (χ0v) is 18.3. The van der Waals surface area contributed by atoms with Crippen molar-refractivity contribution < 1.29 is 9.53 Å². The maximum atomic E-state index is 13.5. The first-order valence-corrected chi connectivity index (χ1v) is 10.2. The summed E-state index contributed by atoms with van der Waals surface area (Å²) >= 11 is 0. The molecule has 0 bridgehead atoms. The van der Waals surface area contributed by atoms with E-state index in [2.05, 4.69) is 4.98 Å². The lowest BCUT2D eigenvalue weighted by atomic mass is 10.1. The summed E-state index contributed by atoms with van der Waals surface area (Å²) in [6, 6.07) is 9.34. The van der Waals surface area contributed by atoms with Gasteiger partial charge in [0.05, 0.1) is 12.1 Å². The third-order valence-electron chi connectivity index (χ3n) is 5.37. The summed E-state index contributed by atoms with van der Waals surface area (Å²) in [4.78, 5) is 55.5. The van der Waals surface area contributed by atoms with E-state index in [4.69, 9.17) is 4.74 Å². The highest BCUT2D eigenvalue weighted by molar-refractivity contribution is 5.78. The van der Waals surface area contributed by atoms with Crippen molar-refractivity contribution in [2.45, 2.75) is 33.2 Å². The van der Waals surface area contributed by atoms with Crippen molar-refractivity contribution in [1.29, 1.82) is 0 Å². The molecule has 0 fully saturated rings. The van der Waals surface area contributed by atoms with Gasteiger partial charge in [-0.3, -0.25) is 28.1 Å². The number of aryl methyl sites for hydroxylation is 1. The second-order valence-corrected chi connectivity index (χ2v) is 7.63. The number of hydrogen-bond donors (Lipinski definition) is 0. The van der Waals surface area contributed by atoms with Crippen molar-refractivity contribution in [3.8, 4) is 5.88 Å². The molecule has 166 valence electrons. The van der Waals surface area contributed by atoms with Crippen molar-refractivity contribution >= 4 is 22.9 Å². The monoisotopic (exact) mass is 437 g/mol. The van der Waals surface area contributed by atoms with Crippen molar-refractivity contribution in [1.82, 2.24) is 23.1 Å². The van der Waals surface area contributed by atoms with Gasteiger partial charge in [-0.15, -0.1) is 0 Å². The third-order valence-corrected chi connectivity index (χ3v) is 5.37. The molecular formula is C22H23N5O5. The normalized spacial score (nSPS) is 11.4. The van der Waals surface area contributed by atoms with Crippen molar-refractivity contribution in [2.24, 2.45) is 14.1 Å². The first-order valence-electron chi connectivity index (χ1n) is 10.2. The molecule has 0 radical (unpaired) electrons. The summed E-state index contributed by atoms with van der Waals surface area (Å²) in [5.41, 5.74) is -0.241. The van der Waals surface area contributed by atoms with Crippen LogP contribution in [0.2, 0.25) is 0 Å². The van der Waals surface area contributed by atoms with Crippen molar-refractivity contribution in [3.63, 3.8) is 0 Å². The number of aromatic nitrogens is 5. The number of carbonyl (C=O) groups excluding carboxylic acids is 1. The number of imidazole rings is 1. The van der Waals surface area contributed by atoms with Gasteiger partial charge in [-0.2, -0.15) is 4.98 Å². The molecule has 0 spiro atoms. The van der Waals surface area contributed by atoms with Crippen LogP contribution >= 0.6 is 0 Å². The Hall–Kier alpha value is -3.95. The van der Waals surface area contributed by atoms with Crippen LogP contribution in [0.4, 0.5) is 0 Å². The highest BCUT2D eigenvalue weighted by Gasteiger charge is 2.26. The molecule has 10 nitrogen and oxygen atoms in total. The van der Waals surface area contributed by atoms with Gasteiger partial charge >= 0.3 is 11.7 Å². The minimum Gasteiger partial charge on any atom is -0.408 e. The molecule has 0 aliphatic rings. The average Bonchev–Trinajstić information content (AvgIpc) is 3.17. The molecule has 0 unspecified atom stereocenters. The summed E-state index contributed by atoms with van der Waals surface area (Å²) < 4.78 is 10.5. The Balaban J connectivity index is 2.25. The number of nitrogens with zero attached hydrogens (tertiary/aromatic N) is 5. The topological polar surface area (TPSA) is 110 Å². The van der Waals surface area contributed by atoms with Crippen LogP contribution in [-0.4, -0.2) is 29.1 Å². The molecule has 3 aromatic heterocycles. The zero-order valence-electron chi connectivity index (χ0n) is 18.3. The number of ether oxygens (including phenoxy) is 1. The molecule has 10 heteroatoms. The van der Waals surface area contributed by atoms with Crippen LogP contribution in [0, 0.1) is 0 Å². The highest BCUT2D eigenvalue weighted by atomic mass is 16.5.